The molecule has 1 aromatic carbocycles. The van der Waals surface area contributed by atoms with E-state index >= 15 is 0 Å². The van der Waals surface area contributed by atoms with Gasteiger partial charge < -0.3 is 14.2 Å². The fraction of sp³-hybridized carbons (Fsp3) is 0.250. The zero-order valence-electron chi connectivity index (χ0n) is 16.5. The van der Waals surface area contributed by atoms with Crippen molar-refractivity contribution in [1.82, 2.24) is 15.5 Å². The third-order valence-electron chi connectivity index (χ3n) is 4.07. The lowest BCUT2D eigenvalue weighted by Gasteiger charge is -2.11. The third-order valence-corrected chi connectivity index (χ3v) is 5.17. The molecule has 0 saturated heterocycles. The first kappa shape index (κ1) is 22.2. The molecule has 0 unspecified atom stereocenters. The molecule has 0 saturated carbocycles. The number of aromatic amines is 1. The van der Waals surface area contributed by atoms with Crippen LogP contribution < -0.4 is 10.1 Å². The Bertz CT molecular complexity index is 1020. The number of allylic oxidation sites excluding steroid dienone is 2. The maximum atomic E-state index is 12.7. The van der Waals surface area contributed by atoms with Crippen LogP contribution in [0.3, 0.4) is 0 Å². The second-order valence-electron chi connectivity index (χ2n) is 6.15. The van der Waals surface area contributed by atoms with Crippen molar-refractivity contribution in [2.75, 3.05) is 26.2 Å². The van der Waals surface area contributed by atoms with E-state index in [1.165, 1.54) is 24.9 Å². The summed E-state index contributed by atoms with van der Waals surface area (Å²) in [5.41, 5.74) is -0.301. The molecule has 3 rings (SSSR count). The predicted octanol–water partition coefficient (Wildman–Crippen LogP) is 2.35. The number of H-pyrrole nitrogens is 1. The van der Waals surface area contributed by atoms with Gasteiger partial charge in [0.25, 0.3) is 0 Å². The van der Waals surface area contributed by atoms with Crippen molar-refractivity contribution in [3.8, 4) is 5.75 Å². The number of hydrogen-bond acceptors (Lipinski definition) is 9. The fourth-order valence-corrected chi connectivity index (χ4v) is 3.54. The molecule has 2 aromatic rings. The first-order valence-electron chi connectivity index (χ1n) is 9.20. The molecule has 0 aliphatic heterocycles. The van der Waals surface area contributed by atoms with Gasteiger partial charge in [-0.15, -0.1) is 11.8 Å². The second kappa shape index (κ2) is 10.5. The van der Waals surface area contributed by atoms with Crippen LogP contribution >= 0.6 is 11.8 Å². The molecule has 2 N–H and O–H groups in total. The zero-order valence-corrected chi connectivity index (χ0v) is 17.3. The highest BCUT2D eigenvalue weighted by Crippen LogP contribution is 2.29. The number of esters is 1. The third kappa shape index (κ3) is 5.58. The molecule has 0 fully saturated rings. The number of aromatic nitrogens is 2. The maximum absolute atomic E-state index is 12.7. The number of fused-ring (bicyclic) bond motifs is 1. The number of hydrogen-bond donors (Lipinski definition) is 2. The van der Waals surface area contributed by atoms with Crippen LogP contribution in [-0.4, -0.2) is 60.0 Å². The van der Waals surface area contributed by atoms with Gasteiger partial charge in [0.05, 0.1) is 17.6 Å². The molecule has 0 radical (unpaired) electrons. The lowest BCUT2D eigenvalue weighted by Crippen LogP contribution is -2.29. The van der Waals surface area contributed by atoms with E-state index in [1.807, 2.05) is 6.07 Å². The van der Waals surface area contributed by atoms with Gasteiger partial charge in [-0.2, -0.15) is 5.10 Å². The quantitative estimate of drug-likeness (QED) is 0.338. The Morgan fingerprint density at radius 1 is 1.19 bits per heavy atom. The van der Waals surface area contributed by atoms with Crippen LogP contribution in [0.5, 0.6) is 5.75 Å². The summed E-state index contributed by atoms with van der Waals surface area (Å²) in [6, 6.07) is 8.63. The van der Waals surface area contributed by atoms with E-state index in [2.05, 4.69) is 20.3 Å². The van der Waals surface area contributed by atoms with E-state index in [0.29, 0.717) is 24.5 Å². The number of carbonyl (C=O) groups is 4. The number of carbonyl (C=O) groups excluding carboxylic acids is 4. The first-order valence-corrected chi connectivity index (χ1v) is 10.2. The van der Waals surface area contributed by atoms with E-state index in [0.717, 1.165) is 0 Å². The van der Waals surface area contributed by atoms with Gasteiger partial charge in [0, 0.05) is 18.4 Å². The molecule has 162 valence electrons. The molecule has 1 amide bonds. The Labute approximate surface area is 181 Å². The van der Waals surface area contributed by atoms with Crippen molar-refractivity contribution in [3.63, 3.8) is 0 Å². The molecule has 1 aliphatic carbocycles. The summed E-state index contributed by atoms with van der Waals surface area (Å²) in [6.45, 7) is 0.287. The SMILES string of the molecule is COC(=O)c1[nH]nc2c1C(=O)C(SCCCOCNC(=O)Oc1ccccc1)=CC2=O. The molecule has 31 heavy (non-hydrogen) atoms. The molecule has 0 atom stereocenters. The van der Waals surface area contributed by atoms with Crippen LogP contribution in [0, 0.1) is 0 Å². The number of ether oxygens (including phenoxy) is 3. The number of amides is 1. The molecule has 10 nitrogen and oxygen atoms in total. The van der Waals surface area contributed by atoms with Crippen LogP contribution in [0.15, 0.2) is 41.3 Å². The Morgan fingerprint density at radius 3 is 2.71 bits per heavy atom. The van der Waals surface area contributed by atoms with Crippen LogP contribution in [0.4, 0.5) is 4.79 Å². The lowest BCUT2D eigenvalue weighted by atomic mass is 9.99. The van der Waals surface area contributed by atoms with Gasteiger partial charge in [0.15, 0.2) is 5.69 Å². The number of benzene rings is 1. The average Bonchev–Trinajstić information content (AvgIpc) is 3.22. The summed E-state index contributed by atoms with van der Waals surface area (Å²) in [5, 5.41) is 8.60. The van der Waals surface area contributed by atoms with Gasteiger partial charge in [-0.05, 0) is 18.6 Å². The van der Waals surface area contributed by atoms with E-state index < -0.39 is 23.6 Å². The van der Waals surface area contributed by atoms with Crippen molar-refractivity contribution in [2.45, 2.75) is 6.42 Å². The highest BCUT2D eigenvalue weighted by Gasteiger charge is 2.34. The Hall–Kier alpha value is -3.44. The van der Waals surface area contributed by atoms with Crippen molar-refractivity contribution in [3.05, 3.63) is 58.3 Å². The van der Waals surface area contributed by atoms with Crippen LogP contribution in [0.1, 0.15) is 37.8 Å². The van der Waals surface area contributed by atoms with Crippen molar-refractivity contribution < 1.29 is 33.4 Å². The van der Waals surface area contributed by atoms with E-state index in [1.54, 1.807) is 24.3 Å². The van der Waals surface area contributed by atoms with Crippen molar-refractivity contribution >= 4 is 35.4 Å². The van der Waals surface area contributed by atoms with Crippen LogP contribution in [0.2, 0.25) is 0 Å². The summed E-state index contributed by atoms with van der Waals surface area (Å²) in [6.07, 6.45) is 1.13. The van der Waals surface area contributed by atoms with Gasteiger partial charge in [0.2, 0.25) is 11.6 Å². The number of thioether (sulfide) groups is 1. The van der Waals surface area contributed by atoms with Gasteiger partial charge >= 0.3 is 12.1 Å². The largest absolute Gasteiger partial charge is 0.464 e. The minimum atomic E-state index is -0.771. The number of nitrogens with zero attached hydrogens (tertiary/aromatic N) is 1. The first-order chi connectivity index (χ1) is 15.0. The van der Waals surface area contributed by atoms with Crippen molar-refractivity contribution in [1.29, 1.82) is 0 Å². The van der Waals surface area contributed by atoms with Crippen LogP contribution in [-0.2, 0) is 9.47 Å². The molecule has 0 bridgehead atoms. The summed E-state index contributed by atoms with van der Waals surface area (Å²) in [5.74, 6) is -0.777. The molecular formula is C20H19N3O7S. The molecule has 1 aromatic heterocycles. The Kier molecular flexibility index (Phi) is 7.57. The molecular weight excluding hydrogens is 426 g/mol. The van der Waals surface area contributed by atoms with Crippen molar-refractivity contribution in [2.24, 2.45) is 0 Å². The van der Waals surface area contributed by atoms with E-state index in [-0.39, 0.29) is 28.6 Å². The number of nitrogens with one attached hydrogen (secondary N) is 2. The molecule has 1 heterocycles. The van der Waals surface area contributed by atoms with E-state index in [4.69, 9.17) is 9.47 Å². The van der Waals surface area contributed by atoms with Gasteiger partial charge in [-0.1, -0.05) is 18.2 Å². The number of ketones is 2. The van der Waals surface area contributed by atoms with Gasteiger partial charge in [-0.25, -0.2) is 9.59 Å². The molecule has 1 aliphatic rings. The zero-order chi connectivity index (χ0) is 22.2. The monoisotopic (exact) mass is 445 g/mol. The standard InChI is InChI=1S/C20H19N3O7S/c1-28-19(26)17-15-16(22-23-17)13(24)10-14(18(15)25)31-9-5-8-29-11-21-20(27)30-12-6-3-2-4-7-12/h2-4,6-7,10H,5,8-9,11H2,1H3,(H,21,27)(H,22,23). The Morgan fingerprint density at radius 2 is 1.97 bits per heavy atom. The summed E-state index contributed by atoms with van der Waals surface area (Å²) >= 11 is 1.18. The maximum Gasteiger partial charge on any atom is 0.414 e. The predicted molar refractivity (Wildman–Crippen MR) is 110 cm³/mol. The highest BCUT2D eigenvalue weighted by atomic mass is 32.2. The minimum absolute atomic E-state index is 0.0304. The van der Waals surface area contributed by atoms with Gasteiger partial charge in [0.1, 0.15) is 18.2 Å². The summed E-state index contributed by atoms with van der Waals surface area (Å²) in [4.78, 5) is 48.4. The van der Waals surface area contributed by atoms with E-state index in [9.17, 15) is 19.2 Å². The molecule has 0 spiro atoms. The average molecular weight is 445 g/mol. The minimum Gasteiger partial charge on any atom is -0.464 e. The topological polar surface area (TPSA) is 137 Å². The Balaban J connectivity index is 1.39. The summed E-state index contributed by atoms with van der Waals surface area (Å²) < 4.78 is 15.0. The fourth-order valence-electron chi connectivity index (χ4n) is 2.63. The number of Topliss-reactive ketones (excluding diaryl/α,β-unsaturated/α-hetero) is 1. The van der Waals surface area contributed by atoms with Crippen LogP contribution in [0.25, 0.3) is 0 Å². The number of rotatable bonds is 9. The summed E-state index contributed by atoms with van der Waals surface area (Å²) in [7, 11) is 1.17. The smallest absolute Gasteiger partial charge is 0.414 e. The normalized spacial score (nSPS) is 12.7. The highest BCUT2D eigenvalue weighted by molar-refractivity contribution is 8.04. The van der Waals surface area contributed by atoms with Gasteiger partial charge in [-0.3, -0.25) is 20.0 Å². The molecule has 11 heteroatoms. The number of para-hydroxylation sites is 1. The lowest BCUT2D eigenvalue weighted by molar-refractivity contribution is 0.0590. The second-order valence-corrected chi connectivity index (χ2v) is 7.29. The number of methoxy groups -OCH3 is 1.